The topological polar surface area (TPSA) is 79.8 Å². The maximum absolute atomic E-state index is 9.97. The van der Waals surface area contributed by atoms with E-state index in [1.165, 1.54) is 5.38 Å². The van der Waals surface area contributed by atoms with Crippen molar-refractivity contribution >= 4 is 17.2 Å². The molecule has 50 valence electrons. The lowest BCUT2D eigenvalue weighted by molar-refractivity contribution is -0.389. The fraction of sp³-hybridized carbons (Fsp3) is 0. The number of rotatable bonds is 1. The van der Waals surface area contributed by atoms with Gasteiger partial charge in [0.25, 0.3) is 0 Å². The lowest BCUT2D eigenvalue weighted by Gasteiger charge is -1.81. The van der Waals surface area contributed by atoms with Crippen LogP contribution in [0.25, 0.3) is 0 Å². The van der Waals surface area contributed by atoms with Gasteiger partial charge in [0.15, 0.2) is 6.07 Å². The second kappa shape index (κ2) is 2.41. The first kappa shape index (κ1) is 6.64. The molecule has 1 aromatic heterocycles. The maximum atomic E-state index is 9.97. The van der Waals surface area contributed by atoms with Gasteiger partial charge in [-0.2, -0.15) is 5.26 Å². The number of aromatic nitrogens is 1. The summed E-state index contributed by atoms with van der Waals surface area (Å²) in [5, 5.41) is 19.5. The summed E-state index contributed by atoms with van der Waals surface area (Å²) in [5.74, 6) is -0.262. The van der Waals surface area contributed by atoms with Crippen LogP contribution in [0.5, 0.6) is 0 Å². The predicted molar refractivity (Wildman–Crippen MR) is 33.5 cm³/mol. The van der Waals surface area contributed by atoms with Gasteiger partial charge in [-0.1, -0.05) is 11.3 Å². The molecule has 1 heterocycles. The zero-order valence-electron chi connectivity index (χ0n) is 4.64. The van der Waals surface area contributed by atoms with Crippen LogP contribution in [0.3, 0.4) is 0 Å². The number of thiazole rings is 1. The van der Waals surface area contributed by atoms with E-state index in [4.69, 9.17) is 5.26 Å². The normalized spacial score (nSPS) is 8.70. The monoisotopic (exact) mass is 155 g/mol. The number of hydrogen-bond donors (Lipinski definition) is 0. The summed E-state index contributed by atoms with van der Waals surface area (Å²) in [5.41, 5.74) is 0. The maximum Gasteiger partial charge on any atom is 0.375 e. The predicted octanol–water partition coefficient (Wildman–Crippen LogP) is 0.923. The van der Waals surface area contributed by atoms with Crippen molar-refractivity contribution in [3.05, 3.63) is 20.5 Å². The first-order valence-corrected chi connectivity index (χ1v) is 3.12. The molecule has 0 aliphatic carbocycles. The molecule has 5 nitrogen and oxygen atoms in total. The van der Waals surface area contributed by atoms with Crippen molar-refractivity contribution in [3.63, 3.8) is 0 Å². The van der Waals surface area contributed by atoms with Crippen LogP contribution in [-0.4, -0.2) is 9.91 Å². The second-order valence-electron chi connectivity index (χ2n) is 1.38. The zero-order chi connectivity index (χ0) is 7.56. The molecule has 0 saturated carbocycles. The largest absolute Gasteiger partial charge is 0.375 e. The smallest absolute Gasteiger partial charge is 0.358 e. The average Bonchev–Trinajstić information content (AvgIpc) is 2.34. The van der Waals surface area contributed by atoms with E-state index >= 15 is 0 Å². The molecular formula is C4HN3O2S. The summed E-state index contributed by atoms with van der Waals surface area (Å²) in [6, 6.07) is 1.71. The highest BCUT2D eigenvalue weighted by Gasteiger charge is 2.11. The van der Waals surface area contributed by atoms with Crippen LogP contribution < -0.4 is 0 Å². The Balaban J connectivity index is 3.02. The summed E-state index contributed by atoms with van der Waals surface area (Å²) < 4.78 is 0. The van der Waals surface area contributed by atoms with Gasteiger partial charge in [0, 0.05) is 0 Å². The van der Waals surface area contributed by atoms with Crippen LogP contribution in [0.1, 0.15) is 5.01 Å². The van der Waals surface area contributed by atoms with Gasteiger partial charge in [-0.15, -0.1) is 0 Å². The van der Waals surface area contributed by atoms with E-state index in [1.54, 1.807) is 6.07 Å². The minimum atomic E-state index is -0.628. The van der Waals surface area contributed by atoms with Crippen LogP contribution in [-0.2, 0) is 0 Å². The summed E-state index contributed by atoms with van der Waals surface area (Å²) in [4.78, 5) is 12.7. The molecule has 0 fully saturated rings. The van der Waals surface area contributed by atoms with Gasteiger partial charge in [-0.3, -0.25) is 0 Å². The van der Waals surface area contributed by atoms with Gasteiger partial charge in [0.1, 0.15) is 0 Å². The van der Waals surface area contributed by atoms with Crippen molar-refractivity contribution in [1.29, 1.82) is 5.26 Å². The van der Waals surface area contributed by atoms with Crippen molar-refractivity contribution in [2.75, 3.05) is 0 Å². The third-order valence-corrected chi connectivity index (χ3v) is 1.51. The Morgan fingerprint density at radius 2 is 2.60 bits per heavy atom. The number of nitro groups is 1. The molecule has 0 unspecified atom stereocenters. The fourth-order valence-electron chi connectivity index (χ4n) is 0.400. The molecule has 0 N–H and O–H groups in total. The standard InChI is InChI=1S/C4HN3O2S/c5-1-4-6-3(2-10-4)7(8)9/h2H. The summed E-state index contributed by atoms with van der Waals surface area (Å²) in [7, 11) is 0. The average molecular weight is 155 g/mol. The lowest BCUT2D eigenvalue weighted by atomic mass is 10.7. The zero-order valence-corrected chi connectivity index (χ0v) is 5.46. The Morgan fingerprint density at radius 3 is 2.90 bits per heavy atom. The Kier molecular flexibility index (Phi) is 1.60. The Bertz CT molecular complexity index is 300. The van der Waals surface area contributed by atoms with Crippen LogP contribution in [0, 0.1) is 21.4 Å². The van der Waals surface area contributed by atoms with Gasteiger partial charge in [0.2, 0.25) is 0 Å². The molecular weight excluding hydrogens is 154 g/mol. The van der Waals surface area contributed by atoms with Gasteiger partial charge in [-0.05, 0) is 9.91 Å². The highest BCUT2D eigenvalue weighted by molar-refractivity contribution is 7.10. The van der Waals surface area contributed by atoms with E-state index < -0.39 is 4.92 Å². The van der Waals surface area contributed by atoms with E-state index in [0.717, 1.165) is 11.3 Å². The minimum absolute atomic E-state index is 0.117. The van der Waals surface area contributed by atoms with Crippen LogP contribution in [0.4, 0.5) is 5.82 Å². The molecule has 0 radical (unpaired) electrons. The molecule has 1 aromatic rings. The lowest BCUT2D eigenvalue weighted by Crippen LogP contribution is -1.86. The molecule has 0 saturated heterocycles. The molecule has 6 heteroatoms. The Labute approximate surface area is 59.7 Å². The molecule has 1 rings (SSSR count). The van der Waals surface area contributed by atoms with Gasteiger partial charge >= 0.3 is 10.8 Å². The Hall–Kier alpha value is -1.48. The van der Waals surface area contributed by atoms with Gasteiger partial charge in [0.05, 0.1) is 5.38 Å². The van der Waals surface area contributed by atoms with Crippen LogP contribution >= 0.6 is 11.3 Å². The van der Waals surface area contributed by atoms with Crippen molar-refractivity contribution in [3.8, 4) is 6.07 Å². The molecule has 0 aliphatic rings. The second-order valence-corrected chi connectivity index (χ2v) is 2.24. The number of nitriles is 1. The SMILES string of the molecule is N#Cc1nc([N+](=O)[O-])cs1. The van der Waals surface area contributed by atoms with E-state index in [2.05, 4.69) is 4.98 Å². The first-order chi connectivity index (χ1) is 4.74. The van der Waals surface area contributed by atoms with E-state index in [9.17, 15) is 10.1 Å². The summed E-state index contributed by atoms with van der Waals surface area (Å²) in [6.07, 6.45) is 0. The Morgan fingerprint density at radius 1 is 1.90 bits per heavy atom. The summed E-state index contributed by atoms with van der Waals surface area (Å²) in [6.45, 7) is 0. The molecule has 0 amide bonds. The first-order valence-electron chi connectivity index (χ1n) is 2.24. The van der Waals surface area contributed by atoms with E-state index in [0.29, 0.717) is 0 Å². The molecule has 0 aliphatic heterocycles. The van der Waals surface area contributed by atoms with Crippen molar-refractivity contribution < 1.29 is 4.92 Å². The molecule has 10 heavy (non-hydrogen) atoms. The van der Waals surface area contributed by atoms with Gasteiger partial charge in [-0.25, -0.2) is 0 Å². The minimum Gasteiger partial charge on any atom is -0.358 e. The third kappa shape index (κ3) is 1.09. The quantitative estimate of drug-likeness (QED) is 0.446. The fourth-order valence-corrected chi connectivity index (χ4v) is 0.955. The molecule has 0 aromatic carbocycles. The van der Waals surface area contributed by atoms with E-state index in [1.807, 2.05) is 0 Å². The van der Waals surface area contributed by atoms with Gasteiger partial charge < -0.3 is 10.1 Å². The number of nitrogens with zero attached hydrogens (tertiary/aromatic N) is 3. The van der Waals surface area contributed by atoms with Crippen LogP contribution in [0.15, 0.2) is 5.38 Å². The molecule has 0 spiro atoms. The molecule has 0 bridgehead atoms. The van der Waals surface area contributed by atoms with Crippen LogP contribution in [0.2, 0.25) is 0 Å². The van der Waals surface area contributed by atoms with E-state index in [-0.39, 0.29) is 10.8 Å². The van der Waals surface area contributed by atoms with Crippen molar-refractivity contribution in [1.82, 2.24) is 4.98 Å². The van der Waals surface area contributed by atoms with Crippen molar-refractivity contribution in [2.45, 2.75) is 0 Å². The summed E-state index contributed by atoms with van der Waals surface area (Å²) >= 11 is 0.964. The highest BCUT2D eigenvalue weighted by atomic mass is 32.1. The third-order valence-electron chi connectivity index (χ3n) is 0.775. The van der Waals surface area contributed by atoms with Crippen molar-refractivity contribution in [2.24, 2.45) is 0 Å². The highest BCUT2D eigenvalue weighted by Crippen LogP contribution is 2.14. The molecule has 0 atom stereocenters. The number of hydrogen-bond acceptors (Lipinski definition) is 5.